The van der Waals surface area contributed by atoms with Gasteiger partial charge in [-0.25, -0.2) is 0 Å². The molecule has 22 heavy (non-hydrogen) atoms. The van der Waals surface area contributed by atoms with Crippen LogP contribution < -0.4 is 5.73 Å². The van der Waals surface area contributed by atoms with Crippen LogP contribution in [0, 0.1) is 5.92 Å². The number of aromatic nitrogens is 2. The second-order valence-corrected chi connectivity index (χ2v) is 5.68. The number of nitrogens with two attached hydrogens (primary N) is 1. The molecule has 3 N–H and O–H groups in total. The molecule has 114 valence electrons. The van der Waals surface area contributed by atoms with Crippen molar-refractivity contribution in [2.75, 3.05) is 13.1 Å². The molecule has 0 bridgehead atoms. The third kappa shape index (κ3) is 2.16. The Balaban J connectivity index is 1.87. The number of fused-ring (bicyclic) bond motifs is 1. The van der Waals surface area contributed by atoms with E-state index in [1.807, 2.05) is 6.07 Å². The monoisotopic (exact) mass is 298 g/mol. The van der Waals surface area contributed by atoms with Crippen molar-refractivity contribution in [2.45, 2.75) is 12.8 Å². The van der Waals surface area contributed by atoms with Crippen molar-refractivity contribution < 1.29 is 9.59 Å². The third-order valence-corrected chi connectivity index (χ3v) is 4.42. The van der Waals surface area contributed by atoms with E-state index in [9.17, 15) is 9.59 Å². The summed E-state index contributed by atoms with van der Waals surface area (Å²) in [6, 6.07) is 1.91. The van der Waals surface area contributed by atoms with Gasteiger partial charge in [-0.15, -0.1) is 0 Å². The van der Waals surface area contributed by atoms with Crippen molar-refractivity contribution in [1.82, 2.24) is 14.9 Å². The van der Waals surface area contributed by atoms with E-state index in [0.717, 1.165) is 16.6 Å². The Morgan fingerprint density at radius 2 is 2.27 bits per heavy atom. The molecule has 1 aliphatic rings. The highest BCUT2D eigenvalue weighted by molar-refractivity contribution is 6.05. The van der Waals surface area contributed by atoms with Gasteiger partial charge in [-0.3, -0.25) is 14.6 Å². The molecule has 6 heteroatoms. The van der Waals surface area contributed by atoms with E-state index in [0.29, 0.717) is 24.6 Å². The molecule has 3 rings (SSSR count). The van der Waals surface area contributed by atoms with Gasteiger partial charge in [0.1, 0.15) is 0 Å². The van der Waals surface area contributed by atoms with Crippen LogP contribution in [0.4, 0.5) is 0 Å². The quantitative estimate of drug-likeness (QED) is 0.836. The van der Waals surface area contributed by atoms with E-state index >= 15 is 0 Å². The fourth-order valence-corrected chi connectivity index (χ4v) is 2.98. The molecule has 2 aromatic rings. The Bertz CT molecular complexity index is 759. The number of carbonyl (C=O) groups excluding carboxylic acids is 2. The summed E-state index contributed by atoms with van der Waals surface area (Å²) in [5.41, 5.74) is 7.43. The zero-order valence-electron chi connectivity index (χ0n) is 12.4. The van der Waals surface area contributed by atoms with E-state index in [4.69, 9.17) is 5.73 Å². The minimum Gasteiger partial charge on any atom is -0.365 e. The highest BCUT2D eigenvalue weighted by atomic mass is 16.2. The van der Waals surface area contributed by atoms with Crippen LogP contribution in [0.3, 0.4) is 0 Å². The van der Waals surface area contributed by atoms with Gasteiger partial charge in [0.05, 0.1) is 16.8 Å². The number of carbonyl (C=O) groups is 2. The average molecular weight is 298 g/mol. The molecule has 2 amide bonds. The lowest BCUT2D eigenvalue weighted by atomic mass is 9.83. The van der Waals surface area contributed by atoms with Crippen LogP contribution in [0.25, 0.3) is 10.9 Å². The highest BCUT2D eigenvalue weighted by Crippen LogP contribution is 2.34. The summed E-state index contributed by atoms with van der Waals surface area (Å²) >= 11 is 0. The van der Waals surface area contributed by atoms with Crippen LogP contribution in [-0.2, 0) is 4.79 Å². The summed E-state index contributed by atoms with van der Waals surface area (Å²) in [6.07, 6.45) is 4.65. The van der Waals surface area contributed by atoms with Crippen LogP contribution in [-0.4, -0.2) is 39.8 Å². The Hall–Kier alpha value is -2.63. The first kappa shape index (κ1) is 14.3. The zero-order valence-corrected chi connectivity index (χ0v) is 12.4. The van der Waals surface area contributed by atoms with E-state index in [2.05, 4.69) is 23.5 Å². The smallest absolute Gasteiger partial charge is 0.252 e. The number of aromatic amines is 1. The standard InChI is InChI=1S/C16H18N4O2/c1-3-13(21)20-7-10(8-20)9(2)14-11-4-5-18-15(11)12(6-19-14)16(17)22/h3-6,9-10,18H,1,7-8H2,2H3,(H2,17,22). The maximum Gasteiger partial charge on any atom is 0.252 e. The summed E-state index contributed by atoms with van der Waals surface area (Å²) in [5.74, 6) is 0.0147. The molecule has 0 saturated carbocycles. The molecular weight excluding hydrogens is 280 g/mol. The number of primary amides is 1. The minimum atomic E-state index is -0.495. The number of pyridine rings is 1. The van der Waals surface area contributed by atoms with Crippen molar-refractivity contribution in [1.29, 1.82) is 0 Å². The molecule has 6 nitrogen and oxygen atoms in total. The number of amides is 2. The summed E-state index contributed by atoms with van der Waals surface area (Å²) in [6.45, 7) is 7.01. The van der Waals surface area contributed by atoms with Gasteiger partial charge in [-0.05, 0) is 12.1 Å². The van der Waals surface area contributed by atoms with Gasteiger partial charge in [0.25, 0.3) is 5.91 Å². The van der Waals surface area contributed by atoms with Gasteiger partial charge in [-0.2, -0.15) is 0 Å². The van der Waals surface area contributed by atoms with E-state index in [1.165, 1.54) is 12.3 Å². The van der Waals surface area contributed by atoms with Crippen LogP contribution in [0.2, 0.25) is 0 Å². The van der Waals surface area contributed by atoms with Crippen LogP contribution in [0.5, 0.6) is 0 Å². The molecule has 0 aromatic carbocycles. The molecule has 1 aliphatic heterocycles. The van der Waals surface area contributed by atoms with Crippen molar-refractivity contribution in [3.8, 4) is 0 Å². The lowest BCUT2D eigenvalue weighted by Gasteiger charge is -2.42. The van der Waals surface area contributed by atoms with Crippen LogP contribution in [0.1, 0.15) is 28.9 Å². The first-order chi connectivity index (χ1) is 10.5. The highest BCUT2D eigenvalue weighted by Gasteiger charge is 2.35. The maximum absolute atomic E-state index is 11.5. The van der Waals surface area contributed by atoms with Crippen LogP contribution in [0.15, 0.2) is 31.1 Å². The van der Waals surface area contributed by atoms with Gasteiger partial charge in [0, 0.05) is 42.7 Å². The van der Waals surface area contributed by atoms with Gasteiger partial charge in [0.2, 0.25) is 5.91 Å². The SMILES string of the molecule is C=CC(=O)N1CC(C(C)c2ncc(C(N)=O)c3[nH]ccc23)C1. The Labute approximate surface area is 128 Å². The van der Waals surface area contributed by atoms with E-state index < -0.39 is 5.91 Å². The molecule has 0 aliphatic carbocycles. The molecule has 0 spiro atoms. The predicted molar refractivity (Wildman–Crippen MR) is 83.3 cm³/mol. The van der Waals surface area contributed by atoms with Gasteiger partial charge >= 0.3 is 0 Å². The lowest BCUT2D eigenvalue weighted by molar-refractivity contribution is -0.132. The lowest BCUT2D eigenvalue weighted by Crippen LogP contribution is -2.51. The molecule has 1 atom stereocenters. The van der Waals surface area contributed by atoms with Crippen molar-refractivity contribution in [3.05, 3.63) is 42.4 Å². The second kappa shape index (κ2) is 5.29. The summed E-state index contributed by atoms with van der Waals surface area (Å²) < 4.78 is 0. The summed E-state index contributed by atoms with van der Waals surface area (Å²) in [7, 11) is 0. The topological polar surface area (TPSA) is 92.1 Å². The summed E-state index contributed by atoms with van der Waals surface area (Å²) in [4.78, 5) is 32.3. The molecular formula is C16H18N4O2. The average Bonchev–Trinajstić information content (AvgIpc) is 2.93. The van der Waals surface area contributed by atoms with Crippen LogP contribution >= 0.6 is 0 Å². The van der Waals surface area contributed by atoms with E-state index in [-0.39, 0.29) is 11.8 Å². The summed E-state index contributed by atoms with van der Waals surface area (Å²) in [5, 5.41) is 0.914. The second-order valence-electron chi connectivity index (χ2n) is 5.68. The minimum absolute atomic E-state index is 0.0349. The molecule has 1 unspecified atom stereocenters. The third-order valence-electron chi connectivity index (χ3n) is 4.42. The largest absolute Gasteiger partial charge is 0.365 e. The van der Waals surface area contributed by atoms with Crippen molar-refractivity contribution in [3.63, 3.8) is 0 Å². The van der Waals surface area contributed by atoms with Crippen molar-refractivity contribution >= 4 is 22.7 Å². The number of likely N-dealkylation sites (tertiary alicyclic amines) is 1. The molecule has 0 radical (unpaired) electrons. The number of nitrogens with one attached hydrogen (secondary N) is 1. The number of H-pyrrole nitrogens is 1. The number of hydrogen-bond acceptors (Lipinski definition) is 3. The zero-order chi connectivity index (χ0) is 15.9. The number of hydrogen-bond donors (Lipinski definition) is 2. The van der Waals surface area contributed by atoms with Gasteiger partial charge in [-0.1, -0.05) is 13.5 Å². The first-order valence-corrected chi connectivity index (χ1v) is 7.20. The Kier molecular flexibility index (Phi) is 3.44. The molecule has 2 aromatic heterocycles. The molecule has 1 fully saturated rings. The van der Waals surface area contributed by atoms with Gasteiger partial charge < -0.3 is 15.6 Å². The maximum atomic E-state index is 11.5. The fraction of sp³-hybridized carbons (Fsp3) is 0.312. The Morgan fingerprint density at radius 1 is 1.55 bits per heavy atom. The Morgan fingerprint density at radius 3 is 2.91 bits per heavy atom. The molecule has 3 heterocycles. The van der Waals surface area contributed by atoms with Crippen molar-refractivity contribution in [2.24, 2.45) is 11.7 Å². The number of rotatable bonds is 4. The number of nitrogens with zero attached hydrogens (tertiary/aromatic N) is 2. The normalized spacial score (nSPS) is 16.3. The predicted octanol–water partition coefficient (Wildman–Crippen LogP) is 1.41. The van der Waals surface area contributed by atoms with Gasteiger partial charge in [0.15, 0.2) is 0 Å². The molecule has 1 saturated heterocycles. The van der Waals surface area contributed by atoms with E-state index in [1.54, 1.807) is 11.1 Å². The first-order valence-electron chi connectivity index (χ1n) is 7.20. The fourth-order valence-electron chi connectivity index (χ4n) is 2.98.